The van der Waals surface area contributed by atoms with E-state index in [2.05, 4.69) is 29.4 Å². The first kappa shape index (κ1) is 15.8. The van der Waals surface area contributed by atoms with E-state index in [4.69, 9.17) is 5.73 Å². The minimum atomic E-state index is -0.154. The van der Waals surface area contributed by atoms with E-state index in [0.717, 1.165) is 11.6 Å². The Bertz CT molecular complexity index is 633. The number of carbonyl (C=O) groups excluding carboxylic acids is 1. The average molecular weight is 324 g/mol. The minimum absolute atomic E-state index is 0.0554. The second-order valence-corrected chi connectivity index (χ2v) is 7.55. The fraction of sp³-hybridized carbons (Fsp3) is 0.429. The highest BCUT2D eigenvalue weighted by Gasteiger charge is 2.19. The molecule has 0 aliphatic carbocycles. The SMILES string of the molecule is Cc1ccc(CC(C)NC(=O)c2sc(N(C)C)nc2N)s1. The lowest BCUT2D eigenvalue weighted by atomic mass is 10.2. The minimum Gasteiger partial charge on any atom is -0.382 e. The Hall–Kier alpha value is -1.60. The number of nitrogens with zero attached hydrogens (tertiary/aromatic N) is 2. The summed E-state index contributed by atoms with van der Waals surface area (Å²) in [7, 11) is 3.75. The number of thiophene rings is 1. The molecule has 1 amide bonds. The van der Waals surface area contributed by atoms with Crippen molar-refractivity contribution < 1.29 is 4.79 Å². The maximum absolute atomic E-state index is 12.3. The number of nitrogen functional groups attached to an aromatic ring is 1. The van der Waals surface area contributed by atoms with Gasteiger partial charge in [0.15, 0.2) is 5.13 Å². The molecule has 0 bridgehead atoms. The Morgan fingerprint density at radius 3 is 2.67 bits per heavy atom. The molecule has 3 N–H and O–H groups in total. The molecule has 0 saturated heterocycles. The van der Waals surface area contributed by atoms with Crippen molar-refractivity contribution >= 4 is 39.5 Å². The van der Waals surface area contributed by atoms with Crippen molar-refractivity contribution in [3.8, 4) is 0 Å². The zero-order valence-electron chi connectivity index (χ0n) is 12.6. The van der Waals surface area contributed by atoms with Gasteiger partial charge >= 0.3 is 0 Å². The van der Waals surface area contributed by atoms with Gasteiger partial charge in [0.1, 0.15) is 10.7 Å². The molecule has 2 aromatic heterocycles. The molecule has 5 nitrogen and oxygen atoms in total. The fourth-order valence-electron chi connectivity index (χ4n) is 1.91. The molecule has 2 rings (SSSR count). The number of nitrogens with one attached hydrogen (secondary N) is 1. The van der Waals surface area contributed by atoms with Crippen LogP contribution in [0.15, 0.2) is 12.1 Å². The Morgan fingerprint density at radius 2 is 2.14 bits per heavy atom. The lowest BCUT2D eigenvalue weighted by molar-refractivity contribution is 0.0945. The number of thiazole rings is 1. The van der Waals surface area contributed by atoms with Crippen molar-refractivity contribution in [3.05, 3.63) is 26.8 Å². The molecule has 7 heteroatoms. The topological polar surface area (TPSA) is 71.2 Å². The number of carbonyl (C=O) groups is 1. The van der Waals surface area contributed by atoms with Gasteiger partial charge in [-0.1, -0.05) is 11.3 Å². The van der Waals surface area contributed by atoms with Crippen LogP contribution < -0.4 is 16.0 Å². The van der Waals surface area contributed by atoms with Gasteiger partial charge in [-0.05, 0) is 26.0 Å². The highest BCUT2D eigenvalue weighted by molar-refractivity contribution is 7.18. The highest BCUT2D eigenvalue weighted by atomic mass is 32.1. The van der Waals surface area contributed by atoms with Crippen molar-refractivity contribution in [2.75, 3.05) is 24.7 Å². The van der Waals surface area contributed by atoms with E-state index in [0.29, 0.717) is 10.7 Å². The van der Waals surface area contributed by atoms with E-state index < -0.39 is 0 Å². The van der Waals surface area contributed by atoms with Crippen molar-refractivity contribution in [1.82, 2.24) is 10.3 Å². The Labute approximate surface area is 132 Å². The second kappa shape index (κ2) is 6.44. The normalized spacial score (nSPS) is 12.2. The van der Waals surface area contributed by atoms with E-state index in [1.54, 1.807) is 11.3 Å². The summed E-state index contributed by atoms with van der Waals surface area (Å²) in [6.07, 6.45) is 0.823. The summed E-state index contributed by atoms with van der Waals surface area (Å²) in [4.78, 5) is 21.3. The van der Waals surface area contributed by atoms with Crippen molar-refractivity contribution in [2.24, 2.45) is 0 Å². The van der Waals surface area contributed by atoms with Crippen molar-refractivity contribution in [1.29, 1.82) is 0 Å². The van der Waals surface area contributed by atoms with Crippen LogP contribution in [0.3, 0.4) is 0 Å². The summed E-state index contributed by atoms with van der Waals surface area (Å²) in [6, 6.07) is 4.26. The van der Waals surface area contributed by atoms with Crippen LogP contribution in [0.1, 0.15) is 26.3 Å². The largest absolute Gasteiger partial charge is 0.382 e. The van der Waals surface area contributed by atoms with Crippen LogP contribution in [0.5, 0.6) is 0 Å². The number of aromatic nitrogens is 1. The second-order valence-electron chi connectivity index (χ2n) is 5.20. The molecule has 0 saturated carbocycles. The third-order valence-electron chi connectivity index (χ3n) is 2.91. The molecule has 0 aliphatic rings. The Morgan fingerprint density at radius 1 is 1.43 bits per heavy atom. The molecule has 1 unspecified atom stereocenters. The first-order valence-corrected chi connectivity index (χ1v) is 8.30. The maximum atomic E-state index is 12.3. The number of rotatable bonds is 5. The number of hydrogen-bond acceptors (Lipinski definition) is 6. The van der Waals surface area contributed by atoms with Gasteiger partial charge in [-0.25, -0.2) is 4.98 Å². The molecule has 0 aliphatic heterocycles. The summed E-state index contributed by atoms with van der Waals surface area (Å²) in [5, 5.41) is 3.72. The first-order valence-electron chi connectivity index (χ1n) is 6.66. The van der Waals surface area contributed by atoms with Crippen LogP contribution >= 0.6 is 22.7 Å². The van der Waals surface area contributed by atoms with Crippen LogP contribution in [-0.2, 0) is 6.42 Å². The molecule has 2 heterocycles. The molecule has 0 aromatic carbocycles. The van der Waals surface area contributed by atoms with Gasteiger partial charge in [0.25, 0.3) is 5.91 Å². The summed E-state index contributed by atoms with van der Waals surface area (Å²) < 4.78 is 0. The molecule has 21 heavy (non-hydrogen) atoms. The molecule has 0 spiro atoms. The molecule has 114 valence electrons. The van der Waals surface area contributed by atoms with Gasteiger partial charge in [0.05, 0.1) is 0 Å². The van der Waals surface area contributed by atoms with Crippen molar-refractivity contribution in [2.45, 2.75) is 26.3 Å². The molecule has 1 atom stereocenters. The lowest BCUT2D eigenvalue weighted by Crippen LogP contribution is -2.33. The number of hydrogen-bond donors (Lipinski definition) is 2. The molecule has 0 fully saturated rings. The zero-order valence-corrected chi connectivity index (χ0v) is 14.3. The molecule has 0 radical (unpaired) electrons. The number of anilines is 2. The summed E-state index contributed by atoms with van der Waals surface area (Å²) in [6.45, 7) is 4.08. The van der Waals surface area contributed by atoms with Crippen LogP contribution in [0.4, 0.5) is 10.9 Å². The predicted molar refractivity (Wildman–Crippen MR) is 90.5 cm³/mol. The van der Waals surface area contributed by atoms with E-state index in [1.807, 2.05) is 25.9 Å². The van der Waals surface area contributed by atoms with Gasteiger partial charge in [-0.2, -0.15) is 0 Å². The third kappa shape index (κ3) is 3.95. The lowest BCUT2D eigenvalue weighted by Gasteiger charge is -2.12. The smallest absolute Gasteiger partial charge is 0.265 e. The highest BCUT2D eigenvalue weighted by Crippen LogP contribution is 2.26. The van der Waals surface area contributed by atoms with Gasteiger partial charge in [-0.3, -0.25) is 4.79 Å². The van der Waals surface area contributed by atoms with Gasteiger partial charge < -0.3 is 16.0 Å². The van der Waals surface area contributed by atoms with Crippen LogP contribution in [0.25, 0.3) is 0 Å². The van der Waals surface area contributed by atoms with E-state index in [9.17, 15) is 4.79 Å². The van der Waals surface area contributed by atoms with E-state index >= 15 is 0 Å². The standard InChI is InChI=1S/C14H20N4OS2/c1-8(7-10-6-5-9(2)20-10)16-13(19)11-12(15)17-14(21-11)18(3)4/h5-6,8H,7,15H2,1-4H3,(H,16,19). The zero-order chi connectivity index (χ0) is 15.6. The number of aryl methyl sites for hydroxylation is 1. The maximum Gasteiger partial charge on any atom is 0.265 e. The predicted octanol–water partition coefficient (Wildman–Crippen LogP) is 2.52. The summed E-state index contributed by atoms with van der Waals surface area (Å²) in [5.41, 5.74) is 5.83. The van der Waals surface area contributed by atoms with Crippen molar-refractivity contribution in [3.63, 3.8) is 0 Å². The number of amides is 1. The Balaban J connectivity index is 2.00. The molecule has 2 aromatic rings. The van der Waals surface area contributed by atoms with Gasteiger partial charge in [-0.15, -0.1) is 11.3 Å². The van der Waals surface area contributed by atoms with Crippen LogP contribution in [0.2, 0.25) is 0 Å². The quantitative estimate of drug-likeness (QED) is 0.886. The molecular formula is C14H20N4OS2. The monoisotopic (exact) mass is 324 g/mol. The third-order valence-corrected chi connectivity index (χ3v) is 5.17. The summed E-state index contributed by atoms with van der Waals surface area (Å²) >= 11 is 3.07. The first-order chi connectivity index (χ1) is 9.86. The Kier molecular flexibility index (Phi) is 4.84. The fourth-order valence-corrected chi connectivity index (χ4v) is 3.74. The summed E-state index contributed by atoms with van der Waals surface area (Å²) in [5.74, 6) is 0.138. The van der Waals surface area contributed by atoms with E-state index in [-0.39, 0.29) is 11.9 Å². The van der Waals surface area contributed by atoms with Crippen LogP contribution in [0, 0.1) is 6.92 Å². The number of nitrogens with two attached hydrogens (primary N) is 1. The van der Waals surface area contributed by atoms with Crippen LogP contribution in [-0.4, -0.2) is 31.0 Å². The van der Waals surface area contributed by atoms with Gasteiger partial charge in [0.2, 0.25) is 0 Å². The van der Waals surface area contributed by atoms with Gasteiger partial charge in [0, 0.05) is 36.3 Å². The average Bonchev–Trinajstić information content (AvgIpc) is 2.95. The van der Waals surface area contributed by atoms with E-state index in [1.165, 1.54) is 21.1 Å². The molecular weight excluding hydrogens is 304 g/mol.